The molecule has 0 aliphatic carbocycles. The van der Waals surface area contributed by atoms with Crippen LogP contribution in [-0.2, 0) is 14.3 Å². The zero-order valence-electron chi connectivity index (χ0n) is 12.6. The van der Waals surface area contributed by atoms with E-state index in [1.165, 1.54) is 0 Å². The minimum absolute atomic E-state index is 0.0439. The van der Waals surface area contributed by atoms with Crippen molar-refractivity contribution in [3.63, 3.8) is 0 Å². The van der Waals surface area contributed by atoms with Gasteiger partial charge in [0.2, 0.25) is 0 Å². The number of morpholine rings is 1. The number of carbonyl (C=O) groups excluding carboxylic acids is 2. The summed E-state index contributed by atoms with van der Waals surface area (Å²) in [4.78, 5) is 28.3. The molecule has 6 nitrogen and oxygen atoms in total. The fourth-order valence-corrected chi connectivity index (χ4v) is 3.76. The van der Waals surface area contributed by atoms with Gasteiger partial charge in [-0.1, -0.05) is 0 Å². The molecule has 21 heavy (non-hydrogen) atoms. The maximum Gasteiger partial charge on any atom is 0.312 e. The lowest BCUT2D eigenvalue weighted by atomic mass is 10.2. The first-order valence-corrected chi connectivity index (χ1v) is 8.78. The second-order valence-electron chi connectivity index (χ2n) is 5.57. The van der Waals surface area contributed by atoms with Gasteiger partial charge in [-0.25, -0.2) is 0 Å². The molecule has 0 bridgehead atoms. The van der Waals surface area contributed by atoms with Gasteiger partial charge in [-0.3, -0.25) is 9.59 Å². The van der Waals surface area contributed by atoms with Gasteiger partial charge in [0.15, 0.2) is 0 Å². The number of ether oxygens (including phenoxy) is 1. The lowest BCUT2D eigenvalue weighted by Crippen LogP contribution is -2.53. The zero-order chi connectivity index (χ0) is 15.2. The molecule has 2 N–H and O–H groups in total. The molecule has 0 aromatic rings. The minimum Gasteiger partial charge on any atom is -0.374 e. The van der Waals surface area contributed by atoms with Crippen LogP contribution in [0.25, 0.3) is 0 Å². The molecule has 2 heterocycles. The molecule has 2 rings (SSSR count). The Hall–Kier alpha value is -0.790. The number of hydrogen-bond donors (Lipinski definition) is 1. The molecular formula is C14H25N3O3S. The van der Waals surface area contributed by atoms with Crippen LogP contribution in [0.2, 0.25) is 0 Å². The number of rotatable bonds is 2. The maximum atomic E-state index is 12.5. The topological polar surface area (TPSA) is 75.9 Å². The molecular weight excluding hydrogens is 290 g/mol. The number of thioether (sulfide) groups is 1. The van der Waals surface area contributed by atoms with Crippen molar-refractivity contribution in [1.82, 2.24) is 9.80 Å². The quantitative estimate of drug-likeness (QED) is 0.721. The van der Waals surface area contributed by atoms with Crippen LogP contribution >= 0.6 is 11.8 Å². The lowest BCUT2D eigenvalue weighted by molar-refractivity contribution is -0.157. The summed E-state index contributed by atoms with van der Waals surface area (Å²) >= 11 is 1.84. The predicted molar refractivity (Wildman–Crippen MR) is 83.1 cm³/mol. The van der Waals surface area contributed by atoms with Gasteiger partial charge in [0, 0.05) is 31.4 Å². The lowest BCUT2D eigenvalue weighted by Gasteiger charge is -2.34. The van der Waals surface area contributed by atoms with Crippen molar-refractivity contribution in [3.05, 3.63) is 0 Å². The number of amides is 2. The van der Waals surface area contributed by atoms with E-state index in [1.54, 1.807) is 9.80 Å². The average molecular weight is 315 g/mol. The number of hydrogen-bond acceptors (Lipinski definition) is 5. The van der Waals surface area contributed by atoms with Crippen molar-refractivity contribution in [1.29, 1.82) is 0 Å². The van der Waals surface area contributed by atoms with Crippen LogP contribution in [0.15, 0.2) is 0 Å². The third-order valence-electron chi connectivity index (χ3n) is 4.05. The van der Waals surface area contributed by atoms with E-state index in [1.807, 2.05) is 18.7 Å². The molecule has 2 saturated heterocycles. The number of nitrogens with zero attached hydrogens (tertiary/aromatic N) is 2. The molecule has 0 saturated carbocycles. The molecule has 2 atom stereocenters. The van der Waals surface area contributed by atoms with Gasteiger partial charge < -0.3 is 20.3 Å². The third kappa shape index (κ3) is 4.34. The maximum absolute atomic E-state index is 12.5. The molecule has 2 aliphatic rings. The van der Waals surface area contributed by atoms with Gasteiger partial charge in [-0.2, -0.15) is 11.8 Å². The molecule has 2 fully saturated rings. The summed E-state index contributed by atoms with van der Waals surface area (Å²) < 4.78 is 5.56. The Labute approximate surface area is 130 Å². The molecule has 2 amide bonds. The Bertz CT molecular complexity index is 378. The minimum atomic E-state index is -0.390. The van der Waals surface area contributed by atoms with Gasteiger partial charge in [0.05, 0.1) is 12.7 Å². The molecule has 2 unspecified atom stereocenters. The SMILES string of the molecule is CC1CCSCCN1C(=O)C(=O)N1CCOC(CCN)C1. The molecule has 0 aromatic carbocycles. The fourth-order valence-electron chi connectivity index (χ4n) is 2.72. The highest BCUT2D eigenvalue weighted by molar-refractivity contribution is 7.99. The van der Waals surface area contributed by atoms with Gasteiger partial charge in [-0.15, -0.1) is 0 Å². The molecule has 7 heteroatoms. The highest BCUT2D eigenvalue weighted by atomic mass is 32.2. The fraction of sp³-hybridized carbons (Fsp3) is 0.857. The van der Waals surface area contributed by atoms with E-state index < -0.39 is 0 Å². The summed E-state index contributed by atoms with van der Waals surface area (Å²) in [5.74, 6) is 1.20. The van der Waals surface area contributed by atoms with E-state index in [0.717, 1.165) is 17.9 Å². The molecule has 120 valence electrons. The summed E-state index contributed by atoms with van der Waals surface area (Å²) in [5.41, 5.74) is 5.53. The van der Waals surface area contributed by atoms with Crippen LogP contribution in [0.5, 0.6) is 0 Å². The molecule has 2 aliphatic heterocycles. The largest absolute Gasteiger partial charge is 0.374 e. The summed E-state index contributed by atoms with van der Waals surface area (Å²) in [6, 6.07) is 0.136. The Morgan fingerprint density at radius 1 is 1.29 bits per heavy atom. The normalized spacial score (nSPS) is 27.3. The number of carbonyl (C=O) groups is 2. The predicted octanol–water partition coefficient (Wildman–Crippen LogP) is -0.0834. The van der Waals surface area contributed by atoms with Crippen LogP contribution in [0, 0.1) is 0 Å². The zero-order valence-corrected chi connectivity index (χ0v) is 13.4. The second-order valence-corrected chi connectivity index (χ2v) is 6.79. The van der Waals surface area contributed by atoms with E-state index in [9.17, 15) is 9.59 Å². The van der Waals surface area contributed by atoms with Gasteiger partial charge >= 0.3 is 11.8 Å². The standard InChI is InChI=1S/C14H25N3O3S/c1-11-3-8-21-9-6-17(11)14(19)13(18)16-5-7-20-12(10-16)2-4-15/h11-12H,2-10,15H2,1H3. The summed E-state index contributed by atoms with van der Waals surface area (Å²) in [7, 11) is 0. The summed E-state index contributed by atoms with van der Waals surface area (Å²) in [6.45, 7) is 4.65. The van der Waals surface area contributed by atoms with E-state index in [0.29, 0.717) is 39.2 Å². The van der Waals surface area contributed by atoms with Gasteiger partial charge in [-0.05, 0) is 32.1 Å². The smallest absolute Gasteiger partial charge is 0.312 e. The first kappa shape index (κ1) is 16.6. The van der Waals surface area contributed by atoms with Crippen molar-refractivity contribution >= 4 is 23.6 Å². The van der Waals surface area contributed by atoms with E-state index >= 15 is 0 Å². The Balaban J connectivity index is 1.96. The van der Waals surface area contributed by atoms with Gasteiger partial charge in [0.25, 0.3) is 0 Å². The third-order valence-corrected chi connectivity index (χ3v) is 5.04. The van der Waals surface area contributed by atoms with E-state index in [2.05, 4.69) is 0 Å². The van der Waals surface area contributed by atoms with Gasteiger partial charge in [0.1, 0.15) is 0 Å². The summed E-state index contributed by atoms with van der Waals surface area (Å²) in [5, 5.41) is 0. The van der Waals surface area contributed by atoms with Crippen LogP contribution in [0.4, 0.5) is 0 Å². The number of nitrogens with two attached hydrogens (primary N) is 1. The van der Waals surface area contributed by atoms with Crippen LogP contribution in [0.3, 0.4) is 0 Å². The molecule has 0 radical (unpaired) electrons. The van der Waals surface area contributed by atoms with Crippen LogP contribution in [0.1, 0.15) is 19.8 Å². The van der Waals surface area contributed by atoms with E-state index in [-0.39, 0.29) is 24.0 Å². The van der Waals surface area contributed by atoms with Crippen molar-refractivity contribution in [3.8, 4) is 0 Å². The Kier molecular flexibility index (Phi) is 6.32. The van der Waals surface area contributed by atoms with Crippen LogP contribution in [-0.4, -0.2) is 78.1 Å². The second kappa shape index (κ2) is 8.00. The highest BCUT2D eigenvalue weighted by Crippen LogP contribution is 2.17. The highest BCUT2D eigenvalue weighted by Gasteiger charge is 2.33. The average Bonchev–Trinajstić information content (AvgIpc) is 2.71. The first-order chi connectivity index (χ1) is 10.1. The molecule has 0 spiro atoms. The van der Waals surface area contributed by atoms with Crippen molar-refractivity contribution < 1.29 is 14.3 Å². The monoisotopic (exact) mass is 315 g/mol. The van der Waals surface area contributed by atoms with Crippen LogP contribution < -0.4 is 5.73 Å². The summed E-state index contributed by atoms with van der Waals surface area (Å²) in [6.07, 6.45) is 1.62. The first-order valence-electron chi connectivity index (χ1n) is 7.62. The van der Waals surface area contributed by atoms with Crippen molar-refractivity contribution in [2.24, 2.45) is 5.73 Å². The Morgan fingerprint density at radius 2 is 2.10 bits per heavy atom. The van der Waals surface area contributed by atoms with E-state index in [4.69, 9.17) is 10.5 Å². The van der Waals surface area contributed by atoms with Crippen molar-refractivity contribution in [2.75, 3.05) is 44.3 Å². The molecule has 0 aromatic heterocycles. The Morgan fingerprint density at radius 3 is 2.86 bits per heavy atom. The van der Waals surface area contributed by atoms with Crippen molar-refractivity contribution in [2.45, 2.75) is 31.9 Å².